The summed E-state index contributed by atoms with van der Waals surface area (Å²) in [5, 5.41) is 0.989. The molecule has 3 aromatic rings. The van der Waals surface area contributed by atoms with Gasteiger partial charge in [-0.3, -0.25) is 9.69 Å². The van der Waals surface area contributed by atoms with Crippen molar-refractivity contribution in [2.24, 2.45) is 5.73 Å². The summed E-state index contributed by atoms with van der Waals surface area (Å²) in [6.07, 6.45) is 0.831. The standard InChI is InChI=1S/C19H17FN2O2/c20-15-4-2-13(3-5-15)18-10-14-9-12(1-6-17(14)24-18)11-22-8-7-16(22)19(21)23/h1-6,9-10,16H,7-8,11H2,(H2,21,23). The normalized spacial score (nSPS) is 17.8. The molecule has 1 aliphatic rings. The lowest BCUT2D eigenvalue weighted by Gasteiger charge is -2.38. The number of nitrogens with two attached hydrogens (primary N) is 1. The molecular formula is C19H17FN2O2. The van der Waals surface area contributed by atoms with E-state index in [1.165, 1.54) is 12.1 Å². The zero-order chi connectivity index (χ0) is 16.7. The van der Waals surface area contributed by atoms with E-state index in [0.717, 1.165) is 35.1 Å². The van der Waals surface area contributed by atoms with Gasteiger partial charge in [0.2, 0.25) is 5.91 Å². The molecule has 2 N–H and O–H groups in total. The van der Waals surface area contributed by atoms with Crippen molar-refractivity contribution in [1.82, 2.24) is 4.90 Å². The van der Waals surface area contributed by atoms with Gasteiger partial charge in [-0.05, 0) is 54.4 Å². The van der Waals surface area contributed by atoms with Gasteiger partial charge < -0.3 is 10.2 Å². The Morgan fingerprint density at radius 1 is 1.21 bits per heavy atom. The second kappa shape index (κ2) is 5.76. The minimum absolute atomic E-state index is 0.153. The fourth-order valence-electron chi connectivity index (χ4n) is 3.13. The van der Waals surface area contributed by atoms with Crippen molar-refractivity contribution in [2.75, 3.05) is 6.54 Å². The molecule has 1 saturated heterocycles. The summed E-state index contributed by atoms with van der Waals surface area (Å²) in [6.45, 7) is 1.58. The van der Waals surface area contributed by atoms with Crippen molar-refractivity contribution in [3.05, 3.63) is 59.9 Å². The van der Waals surface area contributed by atoms with E-state index in [4.69, 9.17) is 10.2 Å². The van der Waals surface area contributed by atoms with E-state index in [9.17, 15) is 9.18 Å². The number of likely N-dealkylation sites (tertiary alicyclic amines) is 1. The highest BCUT2D eigenvalue weighted by Crippen LogP contribution is 2.29. The molecule has 1 fully saturated rings. The number of halogens is 1. The molecule has 1 unspecified atom stereocenters. The van der Waals surface area contributed by atoms with Crippen molar-refractivity contribution in [3.63, 3.8) is 0 Å². The zero-order valence-corrected chi connectivity index (χ0v) is 13.0. The molecule has 2 aromatic carbocycles. The van der Waals surface area contributed by atoms with Crippen LogP contribution in [-0.2, 0) is 11.3 Å². The van der Waals surface area contributed by atoms with Crippen LogP contribution in [0.2, 0.25) is 0 Å². The lowest BCUT2D eigenvalue weighted by Crippen LogP contribution is -2.54. The fourth-order valence-corrected chi connectivity index (χ4v) is 3.13. The monoisotopic (exact) mass is 324 g/mol. The number of hydrogen-bond acceptors (Lipinski definition) is 3. The van der Waals surface area contributed by atoms with Crippen LogP contribution in [0.4, 0.5) is 4.39 Å². The molecule has 24 heavy (non-hydrogen) atoms. The number of amides is 1. The molecule has 0 aliphatic carbocycles. The van der Waals surface area contributed by atoms with Crippen molar-refractivity contribution in [1.29, 1.82) is 0 Å². The third kappa shape index (κ3) is 2.67. The summed E-state index contributed by atoms with van der Waals surface area (Å²) in [6, 6.07) is 14.0. The largest absolute Gasteiger partial charge is 0.456 e. The minimum Gasteiger partial charge on any atom is -0.456 e. The van der Waals surface area contributed by atoms with Crippen LogP contribution in [0.3, 0.4) is 0 Å². The Morgan fingerprint density at radius 2 is 2.00 bits per heavy atom. The molecule has 4 nitrogen and oxygen atoms in total. The maximum absolute atomic E-state index is 13.0. The molecule has 0 spiro atoms. The van der Waals surface area contributed by atoms with Gasteiger partial charge in [0, 0.05) is 24.0 Å². The minimum atomic E-state index is -0.268. The topological polar surface area (TPSA) is 59.5 Å². The maximum atomic E-state index is 13.0. The van der Waals surface area contributed by atoms with Crippen molar-refractivity contribution in [2.45, 2.75) is 19.0 Å². The predicted molar refractivity (Wildman–Crippen MR) is 89.6 cm³/mol. The van der Waals surface area contributed by atoms with E-state index in [1.807, 2.05) is 18.2 Å². The quantitative estimate of drug-likeness (QED) is 0.801. The van der Waals surface area contributed by atoms with Crippen LogP contribution in [0.25, 0.3) is 22.3 Å². The SMILES string of the molecule is NC(=O)C1CCN1Cc1ccc2oc(-c3ccc(F)cc3)cc2c1. The van der Waals surface area contributed by atoms with Crippen LogP contribution in [-0.4, -0.2) is 23.4 Å². The van der Waals surface area contributed by atoms with Gasteiger partial charge in [-0.2, -0.15) is 0 Å². The number of benzene rings is 2. The van der Waals surface area contributed by atoms with Gasteiger partial charge in [0.25, 0.3) is 0 Å². The first-order valence-corrected chi connectivity index (χ1v) is 7.92. The average Bonchev–Trinajstić information content (AvgIpc) is 2.94. The van der Waals surface area contributed by atoms with Gasteiger partial charge in [0.15, 0.2) is 0 Å². The van der Waals surface area contributed by atoms with E-state index in [0.29, 0.717) is 12.3 Å². The predicted octanol–water partition coefficient (Wildman–Crippen LogP) is 3.30. The van der Waals surface area contributed by atoms with Gasteiger partial charge in [-0.1, -0.05) is 6.07 Å². The highest BCUT2D eigenvalue weighted by molar-refractivity contribution is 5.83. The zero-order valence-electron chi connectivity index (χ0n) is 13.0. The number of nitrogens with zero attached hydrogens (tertiary/aromatic N) is 1. The third-order valence-corrected chi connectivity index (χ3v) is 4.55. The van der Waals surface area contributed by atoms with Crippen LogP contribution in [0.1, 0.15) is 12.0 Å². The Bertz CT molecular complexity index is 901. The molecule has 1 amide bonds. The number of fused-ring (bicyclic) bond motifs is 1. The lowest BCUT2D eigenvalue weighted by atomic mass is 10.0. The lowest BCUT2D eigenvalue weighted by molar-refractivity contribution is -0.127. The van der Waals surface area contributed by atoms with Crippen molar-refractivity contribution >= 4 is 16.9 Å². The van der Waals surface area contributed by atoms with E-state index < -0.39 is 0 Å². The maximum Gasteiger partial charge on any atom is 0.234 e. The Hall–Kier alpha value is -2.66. The number of carbonyl (C=O) groups excluding carboxylic acids is 1. The van der Waals surface area contributed by atoms with E-state index >= 15 is 0 Å². The molecule has 0 bridgehead atoms. The number of primary amides is 1. The summed E-state index contributed by atoms with van der Waals surface area (Å²) in [7, 11) is 0. The van der Waals surface area contributed by atoms with Gasteiger partial charge in [0.05, 0.1) is 6.04 Å². The Labute approximate surface area is 138 Å². The number of hydrogen-bond donors (Lipinski definition) is 1. The molecule has 5 heteroatoms. The number of rotatable bonds is 4. The summed E-state index contributed by atoms with van der Waals surface area (Å²) in [4.78, 5) is 13.4. The number of furan rings is 1. The molecular weight excluding hydrogens is 307 g/mol. The van der Waals surface area contributed by atoms with Crippen LogP contribution >= 0.6 is 0 Å². The molecule has 122 valence electrons. The summed E-state index contributed by atoms with van der Waals surface area (Å²) < 4.78 is 18.9. The summed E-state index contributed by atoms with van der Waals surface area (Å²) in [5.41, 5.74) is 8.12. The van der Waals surface area contributed by atoms with Crippen LogP contribution in [0, 0.1) is 5.82 Å². The highest BCUT2D eigenvalue weighted by Gasteiger charge is 2.32. The van der Waals surface area contributed by atoms with E-state index in [-0.39, 0.29) is 17.8 Å². The van der Waals surface area contributed by atoms with E-state index in [2.05, 4.69) is 11.0 Å². The first-order chi connectivity index (χ1) is 11.6. The Morgan fingerprint density at radius 3 is 2.67 bits per heavy atom. The molecule has 2 heterocycles. The number of carbonyl (C=O) groups is 1. The Kier molecular flexibility index (Phi) is 3.58. The van der Waals surface area contributed by atoms with Gasteiger partial charge in [0.1, 0.15) is 17.2 Å². The van der Waals surface area contributed by atoms with Crippen LogP contribution < -0.4 is 5.73 Å². The fraction of sp³-hybridized carbons (Fsp3) is 0.211. The summed E-state index contributed by atoms with van der Waals surface area (Å²) in [5.74, 6) is 0.182. The summed E-state index contributed by atoms with van der Waals surface area (Å²) >= 11 is 0. The first kappa shape index (κ1) is 14.9. The second-order valence-electron chi connectivity index (χ2n) is 6.17. The van der Waals surface area contributed by atoms with Gasteiger partial charge in [-0.25, -0.2) is 4.39 Å². The van der Waals surface area contributed by atoms with Crippen LogP contribution in [0.15, 0.2) is 52.9 Å². The van der Waals surface area contributed by atoms with Crippen LogP contribution in [0.5, 0.6) is 0 Å². The smallest absolute Gasteiger partial charge is 0.234 e. The first-order valence-electron chi connectivity index (χ1n) is 7.92. The Balaban J connectivity index is 1.59. The van der Waals surface area contributed by atoms with Gasteiger partial charge >= 0.3 is 0 Å². The third-order valence-electron chi connectivity index (χ3n) is 4.55. The van der Waals surface area contributed by atoms with Gasteiger partial charge in [-0.15, -0.1) is 0 Å². The molecule has 4 rings (SSSR count). The molecule has 0 saturated carbocycles. The second-order valence-corrected chi connectivity index (χ2v) is 6.17. The molecule has 1 atom stereocenters. The highest BCUT2D eigenvalue weighted by atomic mass is 19.1. The van der Waals surface area contributed by atoms with E-state index in [1.54, 1.807) is 12.1 Å². The van der Waals surface area contributed by atoms with Crippen molar-refractivity contribution in [3.8, 4) is 11.3 Å². The average molecular weight is 324 g/mol. The van der Waals surface area contributed by atoms with Crippen molar-refractivity contribution < 1.29 is 13.6 Å². The molecule has 0 radical (unpaired) electrons. The molecule has 1 aromatic heterocycles. The molecule has 1 aliphatic heterocycles.